The molecule has 0 spiro atoms. The number of hydrogen-bond donors (Lipinski definition) is 3. The molecule has 1 unspecified atom stereocenters. The lowest BCUT2D eigenvalue weighted by atomic mass is 10.0. The van der Waals surface area contributed by atoms with E-state index in [2.05, 4.69) is 15.6 Å². The first-order valence-corrected chi connectivity index (χ1v) is 14.8. The summed E-state index contributed by atoms with van der Waals surface area (Å²) in [6.07, 6.45) is 3.93. The van der Waals surface area contributed by atoms with Crippen molar-refractivity contribution in [2.24, 2.45) is 11.8 Å². The molecule has 1 aliphatic heterocycles. The van der Waals surface area contributed by atoms with Crippen molar-refractivity contribution >= 4 is 23.4 Å². The fourth-order valence-electron chi connectivity index (χ4n) is 5.96. The molecule has 13 heteroatoms. The number of nitrogens with zero attached hydrogens (tertiary/aromatic N) is 3. The summed E-state index contributed by atoms with van der Waals surface area (Å²) in [6, 6.07) is 13.1. The summed E-state index contributed by atoms with van der Waals surface area (Å²) >= 11 is 0. The average Bonchev–Trinajstić information content (AvgIpc) is 3.57. The van der Waals surface area contributed by atoms with Crippen LogP contribution in [0, 0.1) is 23.5 Å². The van der Waals surface area contributed by atoms with Crippen molar-refractivity contribution in [1.82, 2.24) is 14.5 Å². The van der Waals surface area contributed by atoms with E-state index in [9.17, 15) is 23.9 Å². The van der Waals surface area contributed by atoms with Crippen molar-refractivity contribution in [1.29, 1.82) is 0 Å². The minimum atomic E-state index is -0.828. The van der Waals surface area contributed by atoms with E-state index < -0.39 is 23.1 Å². The largest absolute Gasteiger partial charge is 0.493 e. The molecule has 2 aromatic carbocycles. The first kappa shape index (κ1) is 30.7. The first-order valence-electron chi connectivity index (χ1n) is 14.8. The topological polar surface area (TPSA) is 135 Å². The van der Waals surface area contributed by atoms with Gasteiger partial charge in [-0.05, 0) is 80.1 Å². The van der Waals surface area contributed by atoms with Crippen LogP contribution in [0.15, 0.2) is 77.9 Å². The van der Waals surface area contributed by atoms with Crippen LogP contribution in [0.5, 0.6) is 17.2 Å². The van der Waals surface area contributed by atoms with Gasteiger partial charge in [0.25, 0.3) is 11.5 Å². The number of anilines is 2. The summed E-state index contributed by atoms with van der Waals surface area (Å²) in [5.41, 5.74) is -0.619. The van der Waals surface area contributed by atoms with E-state index in [4.69, 9.17) is 9.47 Å². The number of halogens is 2. The Kier molecular flexibility index (Phi) is 8.66. The van der Waals surface area contributed by atoms with E-state index in [0.29, 0.717) is 43.5 Å². The van der Waals surface area contributed by atoms with Crippen LogP contribution in [0.1, 0.15) is 30.1 Å². The summed E-state index contributed by atoms with van der Waals surface area (Å²) in [4.78, 5) is 45.3. The molecule has 2 aliphatic rings. The average molecular weight is 632 g/mol. The number of ether oxygens (including phenoxy) is 2. The van der Waals surface area contributed by atoms with Crippen molar-refractivity contribution in [3.05, 3.63) is 101 Å². The Morgan fingerprint density at radius 3 is 2.41 bits per heavy atom. The van der Waals surface area contributed by atoms with Crippen LogP contribution in [-0.4, -0.2) is 57.3 Å². The zero-order valence-corrected chi connectivity index (χ0v) is 24.8. The van der Waals surface area contributed by atoms with Gasteiger partial charge >= 0.3 is 6.03 Å². The van der Waals surface area contributed by atoms with Gasteiger partial charge in [-0.15, -0.1) is 0 Å². The molecule has 1 saturated heterocycles. The van der Waals surface area contributed by atoms with Gasteiger partial charge < -0.3 is 24.8 Å². The standard InChI is InChI=1S/C33H31F2N5O6/c1-2-45-28-10-12-40(23-6-3-21(34)4-7-23)32(43)30(28)31(42)37-22-5-8-27(26(35)15-22)46-25-9-11-36-29(16-25)38-33(44)39-17-19-13-24(41)14-20(19)18-39/h3-12,15-16,19-20,24,41H,2,13-14,17-18H2,1H3,(H,37,42)(H,36,38,44)/t19-,20+,24?. The molecule has 0 radical (unpaired) electrons. The number of carbonyl (C=O) groups is 2. The lowest BCUT2D eigenvalue weighted by Gasteiger charge is -2.18. The van der Waals surface area contributed by atoms with Crippen LogP contribution in [0.25, 0.3) is 5.69 Å². The molecule has 2 fully saturated rings. The van der Waals surface area contributed by atoms with Crippen LogP contribution in [0.3, 0.4) is 0 Å². The Labute approximate surface area is 262 Å². The zero-order valence-electron chi connectivity index (χ0n) is 24.8. The number of rotatable bonds is 8. The second kappa shape index (κ2) is 13.0. The van der Waals surface area contributed by atoms with Crippen LogP contribution in [0.2, 0.25) is 0 Å². The number of nitrogens with one attached hydrogen (secondary N) is 2. The Hall–Kier alpha value is -5.30. The van der Waals surface area contributed by atoms with E-state index in [1.165, 1.54) is 71.6 Å². The van der Waals surface area contributed by atoms with Crippen molar-refractivity contribution in [2.75, 3.05) is 30.3 Å². The lowest BCUT2D eigenvalue weighted by molar-refractivity contribution is 0.102. The van der Waals surface area contributed by atoms with Gasteiger partial charge in [-0.2, -0.15) is 0 Å². The van der Waals surface area contributed by atoms with Gasteiger partial charge in [-0.3, -0.25) is 19.5 Å². The highest BCUT2D eigenvalue weighted by molar-refractivity contribution is 6.06. The molecule has 4 aromatic rings. The van der Waals surface area contributed by atoms with E-state index in [1.54, 1.807) is 11.8 Å². The number of hydrogen-bond acceptors (Lipinski definition) is 7. The molecule has 1 saturated carbocycles. The highest BCUT2D eigenvalue weighted by Gasteiger charge is 2.41. The SMILES string of the molecule is CCOc1ccn(-c2ccc(F)cc2)c(=O)c1C(=O)Nc1ccc(Oc2ccnc(NC(=O)N3C[C@H]4CC(O)C[C@H]4C3)c2)c(F)c1. The molecule has 11 nitrogen and oxygen atoms in total. The summed E-state index contributed by atoms with van der Waals surface area (Å²) in [6.45, 7) is 3.02. The molecule has 3 N–H and O–H groups in total. The van der Waals surface area contributed by atoms with Gasteiger partial charge in [0.1, 0.15) is 28.7 Å². The Balaban J connectivity index is 1.13. The number of benzene rings is 2. The predicted molar refractivity (Wildman–Crippen MR) is 165 cm³/mol. The molecule has 2 aromatic heterocycles. The fraction of sp³-hybridized carbons (Fsp3) is 0.273. The molecule has 3 heterocycles. The summed E-state index contributed by atoms with van der Waals surface area (Å²) in [5.74, 6) is -1.20. The fourth-order valence-corrected chi connectivity index (χ4v) is 5.96. The maximum Gasteiger partial charge on any atom is 0.323 e. The smallest absolute Gasteiger partial charge is 0.323 e. The number of carbonyl (C=O) groups excluding carboxylic acids is 2. The Bertz CT molecular complexity index is 1820. The number of pyridine rings is 2. The monoisotopic (exact) mass is 631 g/mol. The van der Waals surface area contributed by atoms with Crippen LogP contribution in [-0.2, 0) is 0 Å². The van der Waals surface area contributed by atoms with Gasteiger partial charge in [-0.25, -0.2) is 18.6 Å². The highest BCUT2D eigenvalue weighted by Crippen LogP contribution is 2.38. The van der Waals surface area contributed by atoms with Crippen molar-refractivity contribution < 1.29 is 33.0 Å². The number of aromatic nitrogens is 2. The molecule has 3 amide bonds. The van der Waals surface area contributed by atoms with Crippen LogP contribution < -0.4 is 25.7 Å². The normalized spacial score (nSPS) is 18.6. The molecule has 46 heavy (non-hydrogen) atoms. The number of urea groups is 1. The van der Waals surface area contributed by atoms with Gasteiger partial charge in [0, 0.05) is 49.0 Å². The molecule has 238 valence electrons. The molecule has 0 bridgehead atoms. The van der Waals surface area contributed by atoms with Crippen LogP contribution in [0.4, 0.5) is 25.1 Å². The number of likely N-dealkylation sites (tertiary alicyclic amines) is 1. The molecular weight excluding hydrogens is 600 g/mol. The number of fused-ring (bicyclic) bond motifs is 1. The summed E-state index contributed by atoms with van der Waals surface area (Å²) < 4.78 is 40.9. The van der Waals surface area contributed by atoms with Gasteiger partial charge in [0.2, 0.25) is 0 Å². The van der Waals surface area contributed by atoms with Gasteiger partial charge in [0.15, 0.2) is 11.6 Å². The third-order valence-corrected chi connectivity index (χ3v) is 8.08. The summed E-state index contributed by atoms with van der Waals surface area (Å²) in [5, 5.41) is 15.1. The quantitative estimate of drug-likeness (QED) is 0.244. The van der Waals surface area contributed by atoms with E-state index >= 15 is 4.39 Å². The Morgan fingerprint density at radius 2 is 1.72 bits per heavy atom. The number of aliphatic hydroxyl groups is 1. The van der Waals surface area contributed by atoms with E-state index in [-0.39, 0.29) is 53.1 Å². The van der Waals surface area contributed by atoms with Crippen molar-refractivity contribution in [3.63, 3.8) is 0 Å². The van der Waals surface area contributed by atoms with E-state index in [1.807, 2.05) is 0 Å². The number of amides is 3. The first-order chi connectivity index (χ1) is 22.2. The second-order valence-electron chi connectivity index (χ2n) is 11.2. The van der Waals surface area contributed by atoms with Crippen molar-refractivity contribution in [3.8, 4) is 22.9 Å². The minimum Gasteiger partial charge on any atom is -0.493 e. The molecule has 6 rings (SSSR count). The minimum absolute atomic E-state index is 0.0377. The van der Waals surface area contributed by atoms with Crippen LogP contribution >= 0.6 is 0 Å². The molecular formula is C33H31F2N5O6. The Morgan fingerprint density at radius 1 is 0.978 bits per heavy atom. The predicted octanol–water partition coefficient (Wildman–Crippen LogP) is 5.19. The summed E-state index contributed by atoms with van der Waals surface area (Å²) in [7, 11) is 0. The second-order valence-corrected chi connectivity index (χ2v) is 11.2. The molecule has 1 aliphatic carbocycles. The lowest BCUT2D eigenvalue weighted by Crippen LogP contribution is -2.34. The third kappa shape index (κ3) is 6.54. The van der Waals surface area contributed by atoms with E-state index in [0.717, 1.165) is 6.07 Å². The van der Waals surface area contributed by atoms with Crippen molar-refractivity contribution in [2.45, 2.75) is 25.9 Å². The van der Waals surface area contributed by atoms with Gasteiger partial charge in [-0.1, -0.05) is 0 Å². The molecule has 3 atom stereocenters. The maximum absolute atomic E-state index is 15.1. The highest BCUT2D eigenvalue weighted by atomic mass is 19.1. The number of aliphatic hydroxyl groups excluding tert-OH is 1. The maximum atomic E-state index is 15.1. The zero-order chi connectivity index (χ0) is 32.4. The van der Waals surface area contributed by atoms with Gasteiger partial charge in [0.05, 0.1) is 12.7 Å². The third-order valence-electron chi connectivity index (χ3n) is 8.08.